The Hall–Kier alpha value is -1.55. The van der Waals surface area contributed by atoms with Gasteiger partial charge in [0.05, 0.1) is 13.2 Å². The third-order valence-electron chi connectivity index (χ3n) is 3.37. The molecule has 1 saturated heterocycles. The van der Waals surface area contributed by atoms with Crippen LogP contribution >= 0.6 is 0 Å². The zero-order valence-corrected chi connectivity index (χ0v) is 10.6. The van der Waals surface area contributed by atoms with Crippen LogP contribution in [0.2, 0.25) is 0 Å². The van der Waals surface area contributed by atoms with Crippen LogP contribution in [0.15, 0.2) is 18.2 Å². The van der Waals surface area contributed by atoms with Crippen LogP contribution in [-0.4, -0.2) is 37.7 Å². The molecule has 0 aromatic heterocycles. The molecule has 1 aromatic carbocycles. The molecule has 0 bridgehead atoms. The van der Waals surface area contributed by atoms with Gasteiger partial charge in [-0.2, -0.15) is 0 Å². The van der Waals surface area contributed by atoms with E-state index in [9.17, 15) is 9.90 Å². The number of phenols is 1. The fourth-order valence-corrected chi connectivity index (χ4v) is 2.23. The van der Waals surface area contributed by atoms with Gasteiger partial charge in [-0.25, -0.2) is 0 Å². The summed E-state index contributed by atoms with van der Waals surface area (Å²) < 4.78 is 5.32. The molecule has 1 atom stereocenters. The highest BCUT2D eigenvalue weighted by atomic mass is 16.5. The van der Waals surface area contributed by atoms with Gasteiger partial charge >= 0.3 is 0 Å². The molecule has 1 aliphatic heterocycles. The van der Waals surface area contributed by atoms with Gasteiger partial charge in [0.1, 0.15) is 12.0 Å². The van der Waals surface area contributed by atoms with Crippen LogP contribution in [0.1, 0.15) is 24.8 Å². The Labute approximate surface area is 107 Å². The monoisotopic (exact) mass is 249 g/mol. The smallest absolute Gasteiger partial charge is 0.120 e. The summed E-state index contributed by atoms with van der Waals surface area (Å²) in [5, 5.41) is 9.87. The summed E-state index contributed by atoms with van der Waals surface area (Å²) in [4.78, 5) is 12.8. The molecule has 0 radical (unpaired) electrons. The largest absolute Gasteiger partial charge is 0.508 e. The number of hydrogen-bond donors (Lipinski definition) is 1. The molecule has 1 aliphatic rings. The van der Waals surface area contributed by atoms with Crippen LogP contribution in [0.25, 0.3) is 0 Å². The maximum absolute atomic E-state index is 10.6. The van der Waals surface area contributed by atoms with Crippen LogP contribution in [-0.2, 0) is 9.53 Å². The topological polar surface area (TPSA) is 49.8 Å². The van der Waals surface area contributed by atoms with E-state index in [0.717, 1.165) is 43.8 Å². The lowest BCUT2D eigenvalue weighted by molar-refractivity contribution is -0.108. The van der Waals surface area contributed by atoms with Crippen molar-refractivity contribution >= 4 is 12.0 Å². The Morgan fingerprint density at radius 1 is 1.44 bits per heavy atom. The predicted molar refractivity (Wildman–Crippen MR) is 70.2 cm³/mol. The number of phenolic OH excluding ortho intramolecular Hbond substituents is 1. The molecule has 1 fully saturated rings. The molecule has 18 heavy (non-hydrogen) atoms. The number of hydrogen-bond acceptors (Lipinski definition) is 4. The van der Waals surface area contributed by atoms with Crippen molar-refractivity contribution in [1.29, 1.82) is 0 Å². The van der Waals surface area contributed by atoms with Gasteiger partial charge in [0.2, 0.25) is 0 Å². The lowest BCUT2D eigenvalue weighted by atomic mass is 9.96. The van der Waals surface area contributed by atoms with E-state index in [4.69, 9.17) is 4.74 Å². The lowest BCUT2D eigenvalue weighted by Crippen LogP contribution is -2.36. The second kappa shape index (κ2) is 5.87. The van der Waals surface area contributed by atoms with Crippen LogP contribution in [0.5, 0.6) is 5.75 Å². The number of aldehydes is 1. The number of carbonyl (C=O) groups is 1. The number of morpholine rings is 1. The summed E-state index contributed by atoms with van der Waals surface area (Å²) in [6.07, 6.45) is 1.33. The van der Waals surface area contributed by atoms with E-state index in [1.54, 1.807) is 6.07 Å². The molecule has 1 aromatic rings. The summed E-state index contributed by atoms with van der Waals surface area (Å²) in [6, 6.07) is 5.61. The maximum atomic E-state index is 10.6. The fraction of sp³-hybridized carbons (Fsp3) is 0.500. The minimum atomic E-state index is 0.0449. The zero-order valence-electron chi connectivity index (χ0n) is 10.6. The highest BCUT2D eigenvalue weighted by Crippen LogP contribution is 2.31. The molecular formula is C14H19NO3. The van der Waals surface area contributed by atoms with E-state index in [0.29, 0.717) is 6.42 Å². The molecule has 1 N–H and O–H groups in total. The molecule has 98 valence electrons. The predicted octanol–water partition coefficient (Wildman–Crippen LogP) is 1.92. The molecule has 0 saturated carbocycles. The van der Waals surface area contributed by atoms with E-state index in [2.05, 4.69) is 4.90 Å². The van der Waals surface area contributed by atoms with E-state index < -0.39 is 0 Å². The molecule has 1 unspecified atom stereocenters. The Balaban J connectivity index is 2.21. The van der Waals surface area contributed by atoms with Gasteiger partial charge in [0.25, 0.3) is 0 Å². The molecule has 2 rings (SSSR count). The summed E-state index contributed by atoms with van der Waals surface area (Å²) in [7, 11) is 0. The van der Waals surface area contributed by atoms with Gasteiger partial charge in [-0.1, -0.05) is 6.92 Å². The first kappa shape index (κ1) is 12.9. The normalized spacial score (nSPS) is 17.5. The highest BCUT2D eigenvalue weighted by molar-refractivity contribution is 5.57. The first-order valence-corrected chi connectivity index (χ1v) is 6.31. The maximum Gasteiger partial charge on any atom is 0.120 e. The van der Waals surface area contributed by atoms with E-state index in [-0.39, 0.29) is 11.7 Å². The molecule has 0 amide bonds. The highest BCUT2D eigenvalue weighted by Gasteiger charge is 2.15. The molecule has 4 nitrogen and oxygen atoms in total. The molecule has 0 spiro atoms. The quantitative estimate of drug-likeness (QED) is 0.828. The molecule has 1 heterocycles. The van der Waals surface area contributed by atoms with Crippen molar-refractivity contribution in [1.82, 2.24) is 0 Å². The number of anilines is 1. The average molecular weight is 249 g/mol. The van der Waals surface area contributed by atoms with Gasteiger partial charge in [-0.05, 0) is 29.7 Å². The molecular weight excluding hydrogens is 230 g/mol. The number of carbonyl (C=O) groups excluding carboxylic acids is 1. The molecule has 4 heteroatoms. The fourth-order valence-electron chi connectivity index (χ4n) is 2.23. The van der Waals surface area contributed by atoms with Gasteiger partial charge in [-0.15, -0.1) is 0 Å². The van der Waals surface area contributed by atoms with Crippen molar-refractivity contribution in [2.75, 3.05) is 31.2 Å². The van der Waals surface area contributed by atoms with Crippen molar-refractivity contribution in [3.63, 3.8) is 0 Å². The number of rotatable bonds is 4. The summed E-state index contributed by atoms with van der Waals surface area (Å²) in [5.74, 6) is 0.310. The Morgan fingerprint density at radius 3 is 2.83 bits per heavy atom. The van der Waals surface area contributed by atoms with Gasteiger partial charge < -0.3 is 19.5 Å². The minimum Gasteiger partial charge on any atom is -0.508 e. The van der Waals surface area contributed by atoms with Crippen molar-refractivity contribution in [2.45, 2.75) is 19.3 Å². The SMILES string of the molecule is CC(CC=O)c1cc(N2CCOCC2)ccc1O. The first-order valence-electron chi connectivity index (χ1n) is 6.31. The third-order valence-corrected chi connectivity index (χ3v) is 3.37. The van der Waals surface area contributed by atoms with Crippen molar-refractivity contribution < 1.29 is 14.6 Å². The van der Waals surface area contributed by atoms with Crippen molar-refractivity contribution in [3.05, 3.63) is 23.8 Å². The second-order valence-corrected chi connectivity index (χ2v) is 4.65. The van der Waals surface area contributed by atoms with Crippen LogP contribution < -0.4 is 4.90 Å². The van der Waals surface area contributed by atoms with E-state index >= 15 is 0 Å². The van der Waals surface area contributed by atoms with Crippen molar-refractivity contribution in [3.8, 4) is 5.75 Å². The number of nitrogens with zero attached hydrogens (tertiary/aromatic N) is 1. The average Bonchev–Trinajstić information content (AvgIpc) is 2.40. The Kier molecular flexibility index (Phi) is 4.20. The Morgan fingerprint density at radius 2 is 2.17 bits per heavy atom. The summed E-state index contributed by atoms with van der Waals surface area (Å²) in [5.41, 5.74) is 1.93. The van der Waals surface area contributed by atoms with Crippen LogP contribution in [0, 0.1) is 0 Å². The summed E-state index contributed by atoms with van der Waals surface area (Å²) >= 11 is 0. The van der Waals surface area contributed by atoms with E-state index in [1.165, 1.54) is 0 Å². The standard InChI is InChI=1S/C14H19NO3/c1-11(4-7-16)13-10-12(2-3-14(13)17)15-5-8-18-9-6-15/h2-3,7,10-11,17H,4-6,8-9H2,1H3. The first-order chi connectivity index (χ1) is 8.72. The second-order valence-electron chi connectivity index (χ2n) is 4.65. The van der Waals surface area contributed by atoms with Gasteiger partial charge in [0, 0.05) is 25.2 Å². The minimum absolute atomic E-state index is 0.0449. The van der Waals surface area contributed by atoms with E-state index in [1.807, 2.05) is 19.1 Å². The number of ether oxygens (including phenoxy) is 1. The summed E-state index contributed by atoms with van der Waals surface area (Å²) in [6.45, 7) is 5.16. The Bertz CT molecular complexity index is 414. The van der Waals surface area contributed by atoms with Crippen LogP contribution in [0.4, 0.5) is 5.69 Å². The van der Waals surface area contributed by atoms with Crippen LogP contribution in [0.3, 0.4) is 0 Å². The van der Waals surface area contributed by atoms with Crippen molar-refractivity contribution in [2.24, 2.45) is 0 Å². The molecule has 0 aliphatic carbocycles. The zero-order chi connectivity index (χ0) is 13.0. The third kappa shape index (κ3) is 2.82. The van der Waals surface area contributed by atoms with Gasteiger partial charge in [0.15, 0.2) is 0 Å². The lowest BCUT2D eigenvalue weighted by Gasteiger charge is -2.29. The number of benzene rings is 1. The van der Waals surface area contributed by atoms with Gasteiger partial charge in [-0.3, -0.25) is 0 Å². The number of aromatic hydroxyl groups is 1.